The summed E-state index contributed by atoms with van der Waals surface area (Å²) < 4.78 is 14.6. The number of tetrazole rings is 1. The molecule has 10 heteroatoms. The molecule has 5 aromatic rings. The fraction of sp³-hybridized carbons (Fsp3) is 0.242. The predicted octanol–water partition coefficient (Wildman–Crippen LogP) is 5.67. The Kier molecular flexibility index (Phi) is 9.54. The summed E-state index contributed by atoms with van der Waals surface area (Å²) in [5, 5.41) is 11.2. The Morgan fingerprint density at radius 1 is 1.02 bits per heavy atom. The number of piperidine rings is 1. The largest absolute Gasteiger partial charge is 0.870 e. The number of hydrogen-bond acceptors (Lipinski definition) is 5. The zero-order valence-corrected chi connectivity index (χ0v) is 24.2. The summed E-state index contributed by atoms with van der Waals surface area (Å²) >= 11 is 6.38. The minimum atomic E-state index is -0.926. The quantitative estimate of drug-likeness (QED) is 0.232. The highest BCUT2D eigenvalue weighted by atomic mass is 35.5. The molecule has 0 spiro atoms. The van der Waals surface area contributed by atoms with E-state index in [0.29, 0.717) is 24.0 Å². The van der Waals surface area contributed by atoms with Gasteiger partial charge in [-0.3, -0.25) is 9.78 Å². The van der Waals surface area contributed by atoms with Gasteiger partial charge in [-0.1, -0.05) is 77.5 Å². The highest BCUT2D eigenvalue weighted by Crippen LogP contribution is 2.34. The van der Waals surface area contributed by atoms with E-state index >= 15 is 0 Å². The molecule has 2 N–H and O–H groups in total. The zero-order chi connectivity index (χ0) is 28.9. The fourth-order valence-corrected chi connectivity index (χ4v) is 6.01. The van der Waals surface area contributed by atoms with Crippen molar-refractivity contribution in [2.45, 2.75) is 31.1 Å². The molecule has 0 radical (unpaired) electrons. The van der Waals surface area contributed by atoms with Gasteiger partial charge in [-0.25, -0.2) is 4.39 Å². The van der Waals surface area contributed by atoms with Gasteiger partial charge in [0, 0.05) is 47.0 Å². The van der Waals surface area contributed by atoms with Crippen molar-refractivity contribution < 1.29 is 19.3 Å². The van der Waals surface area contributed by atoms with Crippen molar-refractivity contribution in [3.05, 3.63) is 125 Å². The molecule has 1 fully saturated rings. The van der Waals surface area contributed by atoms with E-state index in [9.17, 15) is 9.18 Å². The number of hydrogen-bond donors (Lipinski definition) is 1. The minimum absolute atomic E-state index is 0. The van der Waals surface area contributed by atoms with Gasteiger partial charge < -0.3 is 10.4 Å². The molecule has 1 saturated heterocycles. The van der Waals surface area contributed by atoms with Gasteiger partial charge in [0.2, 0.25) is 0 Å². The highest BCUT2D eigenvalue weighted by molar-refractivity contribution is 6.31. The minimum Gasteiger partial charge on any atom is -0.870 e. The molecule has 6 rings (SSSR count). The number of aromatic amines is 1. The molecule has 0 bridgehead atoms. The summed E-state index contributed by atoms with van der Waals surface area (Å²) in [5.41, 5.74) is 7.37. The van der Waals surface area contributed by atoms with Crippen LogP contribution in [0.3, 0.4) is 0 Å². The molecule has 0 unspecified atom stereocenters. The van der Waals surface area contributed by atoms with E-state index < -0.39 is 12.6 Å². The van der Waals surface area contributed by atoms with Gasteiger partial charge in [0.25, 0.3) is 12.2 Å². The smallest absolute Gasteiger partial charge is 0.293 e. The summed E-state index contributed by atoms with van der Waals surface area (Å²) in [7, 11) is 0. The second-order valence-corrected chi connectivity index (χ2v) is 11.1. The van der Waals surface area contributed by atoms with Crippen molar-refractivity contribution in [3.8, 4) is 16.8 Å². The molecular weight excluding hydrogens is 567 g/mol. The van der Waals surface area contributed by atoms with E-state index in [0.717, 1.165) is 41.8 Å². The Bertz CT molecular complexity index is 1640. The average molecular weight is 599 g/mol. The second-order valence-electron chi connectivity index (χ2n) is 10.6. The van der Waals surface area contributed by atoms with Crippen molar-refractivity contribution in [1.82, 2.24) is 25.4 Å². The molecule has 43 heavy (non-hydrogen) atoms. The maximum atomic E-state index is 12.9. The number of carbonyl (C=O) groups is 1. The number of halogens is 2. The van der Waals surface area contributed by atoms with Gasteiger partial charge in [-0.2, -0.15) is 0 Å². The van der Waals surface area contributed by atoms with E-state index in [1.807, 2.05) is 30.5 Å². The molecule has 3 aromatic carbocycles. The van der Waals surface area contributed by atoms with Crippen LogP contribution in [0.5, 0.6) is 0 Å². The number of nitrogens with zero attached hydrogens (tertiary/aromatic N) is 5. The number of nitrogens with one attached hydrogen (secondary N) is 1. The van der Waals surface area contributed by atoms with Crippen LogP contribution in [0.25, 0.3) is 16.8 Å². The van der Waals surface area contributed by atoms with E-state index in [2.05, 4.69) is 76.2 Å². The van der Waals surface area contributed by atoms with Crippen LogP contribution in [0.15, 0.2) is 97.5 Å². The molecule has 2 aromatic heterocycles. The molecule has 1 aliphatic heterocycles. The van der Waals surface area contributed by atoms with Crippen LogP contribution in [-0.4, -0.2) is 56.6 Å². The second kappa shape index (κ2) is 13.7. The molecule has 8 nitrogen and oxygen atoms in total. The number of carbonyl (C=O) groups excluding carboxylic acids is 1. The third-order valence-corrected chi connectivity index (χ3v) is 8.31. The molecule has 0 saturated carbocycles. The molecule has 0 aliphatic carbocycles. The Labute approximate surface area is 254 Å². The number of amides is 1. The topological polar surface area (TPSA) is 109 Å². The molecule has 220 valence electrons. The summed E-state index contributed by atoms with van der Waals surface area (Å²) in [6, 6.07) is 29.1. The Morgan fingerprint density at radius 3 is 2.53 bits per heavy atom. The van der Waals surface area contributed by atoms with Gasteiger partial charge in [0.15, 0.2) is 11.9 Å². The van der Waals surface area contributed by atoms with Crippen molar-refractivity contribution in [3.63, 3.8) is 0 Å². The van der Waals surface area contributed by atoms with Crippen LogP contribution in [0, 0.1) is 0 Å². The summed E-state index contributed by atoms with van der Waals surface area (Å²) in [6.45, 7) is 0.254. The van der Waals surface area contributed by atoms with E-state index in [1.54, 1.807) is 15.9 Å². The lowest BCUT2D eigenvalue weighted by Gasteiger charge is -2.32. The lowest BCUT2D eigenvalue weighted by Crippen LogP contribution is -2.38. The lowest BCUT2D eigenvalue weighted by atomic mass is 9.84. The number of likely N-dealkylation sites (tertiary alicyclic amines) is 1. The first-order chi connectivity index (χ1) is 20.6. The van der Waals surface area contributed by atoms with E-state index in [-0.39, 0.29) is 11.4 Å². The molecule has 1 aliphatic rings. The number of aromatic nitrogens is 5. The fourth-order valence-electron chi connectivity index (χ4n) is 5.83. The third kappa shape index (κ3) is 6.79. The predicted molar refractivity (Wildman–Crippen MR) is 161 cm³/mol. The van der Waals surface area contributed by atoms with Crippen molar-refractivity contribution >= 4 is 17.5 Å². The molecule has 3 heterocycles. The van der Waals surface area contributed by atoms with Gasteiger partial charge in [-0.05, 0) is 66.1 Å². The van der Waals surface area contributed by atoms with Crippen LogP contribution in [0.2, 0.25) is 5.02 Å². The maximum Gasteiger partial charge on any atom is 0.293 e. The Morgan fingerprint density at radius 2 is 1.84 bits per heavy atom. The normalized spacial score (nSPS) is 14.2. The van der Waals surface area contributed by atoms with Crippen LogP contribution < -0.4 is 4.68 Å². The number of H-pyrrole nitrogens is 1. The van der Waals surface area contributed by atoms with Gasteiger partial charge in [0.05, 0.1) is 0 Å². The number of alkyl halides is 1. The van der Waals surface area contributed by atoms with Crippen LogP contribution in [-0.2, 0) is 11.2 Å². The standard InChI is InChI=1S/C33H30ClFN6O.H2O/c34-28-10-12-32(41-22-37-38-39-41)30(19-28)27-9-11-31(36-21-27)29(17-23-5-2-1-3-6-23)26-8-4-7-25(18-26)24-13-15-40(16-14-24)33(42)20-35;/h1-12,18-19,21-22,24,29H,13-17,20H2;1H2/t29-;/m0./s1. The van der Waals surface area contributed by atoms with Gasteiger partial charge >= 0.3 is 0 Å². The lowest BCUT2D eigenvalue weighted by molar-refractivity contribution is -0.659. The molecular formula is C33H32ClFN6O2. The summed E-state index contributed by atoms with van der Waals surface area (Å²) in [4.78, 5) is 18.4. The maximum absolute atomic E-state index is 12.9. The van der Waals surface area contributed by atoms with Crippen molar-refractivity contribution in [1.29, 1.82) is 0 Å². The van der Waals surface area contributed by atoms with Crippen molar-refractivity contribution in [2.75, 3.05) is 19.8 Å². The van der Waals surface area contributed by atoms with E-state index in [4.69, 9.17) is 16.6 Å². The van der Waals surface area contributed by atoms with Crippen LogP contribution in [0.1, 0.15) is 47.1 Å². The molecule has 1 atom stereocenters. The SMILES string of the molecule is O=C(CF)N1CCC(c2cccc([C@H](Cc3ccccc3)c3ccc(-c4cc(Cl)ccc4-[n+]4cnn[nH]4)cn3)c2)CC1.[OH-]. The van der Waals surface area contributed by atoms with Gasteiger partial charge in [0.1, 0.15) is 10.8 Å². The third-order valence-electron chi connectivity index (χ3n) is 8.08. The first-order valence-electron chi connectivity index (χ1n) is 14.1. The monoisotopic (exact) mass is 598 g/mol. The number of benzene rings is 3. The van der Waals surface area contributed by atoms with Crippen LogP contribution in [0.4, 0.5) is 4.39 Å². The van der Waals surface area contributed by atoms with Crippen molar-refractivity contribution in [2.24, 2.45) is 0 Å². The van der Waals surface area contributed by atoms with Crippen LogP contribution >= 0.6 is 11.6 Å². The number of pyridine rings is 1. The summed E-state index contributed by atoms with van der Waals surface area (Å²) in [6.07, 6.45) is 5.97. The Hall–Kier alpha value is -4.47. The molecule has 1 amide bonds. The van der Waals surface area contributed by atoms with E-state index in [1.165, 1.54) is 16.7 Å². The highest BCUT2D eigenvalue weighted by Gasteiger charge is 2.25. The first-order valence-corrected chi connectivity index (χ1v) is 14.5. The number of rotatable bonds is 8. The average Bonchev–Trinajstić information content (AvgIpc) is 3.59. The van der Waals surface area contributed by atoms with Gasteiger partial charge in [-0.15, -0.1) is 4.68 Å². The summed E-state index contributed by atoms with van der Waals surface area (Å²) in [5.74, 6) is -0.0407. The first kappa shape index (κ1) is 30.0. The zero-order valence-electron chi connectivity index (χ0n) is 23.5. The Balaban J connectivity index is 0.00000368.